The molecule has 0 heterocycles. The van der Waals surface area contributed by atoms with Gasteiger partial charge < -0.3 is 10.4 Å². The van der Waals surface area contributed by atoms with Crippen molar-refractivity contribution in [1.29, 1.82) is 0 Å². The van der Waals surface area contributed by atoms with Gasteiger partial charge in [-0.3, -0.25) is 4.79 Å². The van der Waals surface area contributed by atoms with E-state index in [1.54, 1.807) is 30.3 Å². The van der Waals surface area contributed by atoms with E-state index in [2.05, 4.69) is 5.32 Å². The van der Waals surface area contributed by atoms with Gasteiger partial charge in [0, 0.05) is 5.69 Å². The standard InChI is InChI=1S/C22H15ClF3NO3/c1-12-17(21(29)30)9-14(13-5-3-2-4-6-13)10-19(12)27-20(28)16-8-7-15(11-18(16)23)22(24,25)26/h2-11H,1H3,(H,27,28)(H,29,30). The molecule has 3 rings (SSSR count). The van der Waals surface area contributed by atoms with E-state index < -0.39 is 23.6 Å². The normalized spacial score (nSPS) is 11.2. The first-order valence-electron chi connectivity index (χ1n) is 8.69. The summed E-state index contributed by atoms with van der Waals surface area (Å²) in [6.45, 7) is 1.53. The Morgan fingerprint density at radius 3 is 2.17 bits per heavy atom. The van der Waals surface area contributed by atoms with Crippen molar-refractivity contribution in [1.82, 2.24) is 0 Å². The number of hydrogen-bond acceptors (Lipinski definition) is 2. The topological polar surface area (TPSA) is 66.4 Å². The Morgan fingerprint density at radius 2 is 1.60 bits per heavy atom. The van der Waals surface area contributed by atoms with Crippen molar-refractivity contribution in [3.63, 3.8) is 0 Å². The minimum atomic E-state index is -4.59. The molecule has 0 fully saturated rings. The van der Waals surface area contributed by atoms with Crippen molar-refractivity contribution in [2.45, 2.75) is 13.1 Å². The van der Waals surface area contributed by atoms with Crippen LogP contribution in [0.3, 0.4) is 0 Å². The van der Waals surface area contributed by atoms with Crippen LogP contribution in [0.2, 0.25) is 5.02 Å². The molecule has 154 valence electrons. The lowest BCUT2D eigenvalue weighted by atomic mass is 9.97. The largest absolute Gasteiger partial charge is 0.478 e. The maximum Gasteiger partial charge on any atom is 0.416 e. The number of carboxylic acids is 1. The van der Waals surface area contributed by atoms with Crippen molar-refractivity contribution in [3.05, 3.63) is 87.9 Å². The van der Waals surface area contributed by atoms with Crippen LogP contribution in [0.5, 0.6) is 0 Å². The molecule has 8 heteroatoms. The van der Waals surface area contributed by atoms with Gasteiger partial charge in [-0.25, -0.2) is 4.79 Å². The lowest BCUT2D eigenvalue weighted by Gasteiger charge is -2.15. The average molecular weight is 434 g/mol. The molecule has 30 heavy (non-hydrogen) atoms. The van der Waals surface area contributed by atoms with Gasteiger partial charge in [-0.2, -0.15) is 13.2 Å². The Kier molecular flexibility index (Phi) is 5.85. The molecule has 0 spiro atoms. The minimum Gasteiger partial charge on any atom is -0.478 e. The molecule has 4 nitrogen and oxygen atoms in total. The van der Waals surface area contributed by atoms with Gasteiger partial charge in [-0.15, -0.1) is 0 Å². The van der Waals surface area contributed by atoms with E-state index in [9.17, 15) is 27.9 Å². The minimum absolute atomic E-state index is 0.00910. The van der Waals surface area contributed by atoms with E-state index in [-0.39, 0.29) is 21.8 Å². The fourth-order valence-electron chi connectivity index (χ4n) is 2.93. The molecule has 0 radical (unpaired) electrons. The van der Waals surface area contributed by atoms with Crippen molar-refractivity contribution >= 4 is 29.2 Å². The molecule has 3 aromatic rings. The summed E-state index contributed by atoms with van der Waals surface area (Å²) >= 11 is 5.89. The third-order valence-electron chi connectivity index (χ3n) is 4.53. The van der Waals surface area contributed by atoms with Crippen LogP contribution in [0.4, 0.5) is 18.9 Å². The van der Waals surface area contributed by atoms with Crippen LogP contribution in [0.1, 0.15) is 31.8 Å². The van der Waals surface area contributed by atoms with E-state index in [0.29, 0.717) is 17.2 Å². The predicted molar refractivity (Wildman–Crippen MR) is 108 cm³/mol. The second kappa shape index (κ2) is 8.20. The Hall–Kier alpha value is -3.32. The van der Waals surface area contributed by atoms with Crippen LogP contribution in [0.15, 0.2) is 60.7 Å². The molecular weight excluding hydrogens is 419 g/mol. The predicted octanol–water partition coefficient (Wildman–Crippen LogP) is 6.28. The smallest absolute Gasteiger partial charge is 0.416 e. The number of anilines is 1. The molecule has 0 aliphatic carbocycles. The summed E-state index contributed by atoms with van der Waals surface area (Å²) in [5.41, 5.74) is 0.680. The van der Waals surface area contributed by atoms with Gasteiger partial charge in [0.15, 0.2) is 0 Å². The van der Waals surface area contributed by atoms with Crippen LogP contribution < -0.4 is 5.32 Å². The third-order valence-corrected chi connectivity index (χ3v) is 4.85. The number of aromatic carboxylic acids is 1. The van der Waals surface area contributed by atoms with Crippen LogP contribution in [-0.2, 0) is 6.18 Å². The number of hydrogen-bond donors (Lipinski definition) is 2. The first kappa shape index (κ1) is 21.4. The van der Waals surface area contributed by atoms with Crippen LogP contribution >= 0.6 is 11.6 Å². The van der Waals surface area contributed by atoms with Gasteiger partial charge in [0.1, 0.15) is 0 Å². The zero-order valence-corrected chi connectivity index (χ0v) is 16.3. The average Bonchev–Trinajstić information content (AvgIpc) is 2.69. The second-order valence-electron chi connectivity index (χ2n) is 6.51. The van der Waals surface area contributed by atoms with Gasteiger partial charge in [0.2, 0.25) is 0 Å². The SMILES string of the molecule is Cc1c(NC(=O)c2ccc(C(F)(F)F)cc2Cl)cc(-c2ccccc2)cc1C(=O)O. The summed E-state index contributed by atoms with van der Waals surface area (Å²) in [5.74, 6) is -1.92. The molecule has 0 aliphatic heterocycles. The van der Waals surface area contributed by atoms with Gasteiger partial charge in [-0.05, 0) is 53.9 Å². The highest BCUT2D eigenvalue weighted by Crippen LogP contribution is 2.33. The maximum atomic E-state index is 12.8. The quantitative estimate of drug-likeness (QED) is 0.508. The summed E-state index contributed by atoms with van der Waals surface area (Å²) in [6.07, 6.45) is -4.59. The second-order valence-corrected chi connectivity index (χ2v) is 6.92. The molecule has 3 aromatic carbocycles. The van der Waals surface area contributed by atoms with Gasteiger partial charge >= 0.3 is 12.1 Å². The van der Waals surface area contributed by atoms with E-state index in [1.807, 2.05) is 6.07 Å². The Labute approximate surface area is 174 Å². The summed E-state index contributed by atoms with van der Waals surface area (Å²) < 4.78 is 38.4. The van der Waals surface area contributed by atoms with Crippen molar-refractivity contribution in [3.8, 4) is 11.1 Å². The van der Waals surface area contributed by atoms with E-state index in [0.717, 1.165) is 17.7 Å². The molecule has 0 aromatic heterocycles. The molecular formula is C22H15ClF3NO3. The summed E-state index contributed by atoms with van der Waals surface area (Å²) in [4.78, 5) is 24.3. The van der Waals surface area contributed by atoms with Crippen molar-refractivity contribution in [2.75, 3.05) is 5.32 Å². The number of carbonyl (C=O) groups is 2. The number of amides is 1. The molecule has 0 saturated carbocycles. The van der Waals surface area contributed by atoms with Gasteiger partial charge in [-0.1, -0.05) is 41.9 Å². The monoisotopic (exact) mass is 433 g/mol. The Morgan fingerprint density at radius 1 is 0.933 bits per heavy atom. The first-order valence-corrected chi connectivity index (χ1v) is 9.07. The fourth-order valence-corrected chi connectivity index (χ4v) is 3.20. The molecule has 0 bridgehead atoms. The number of alkyl halides is 3. The molecule has 0 atom stereocenters. The number of benzene rings is 3. The first-order chi connectivity index (χ1) is 14.1. The molecule has 0 aliphatic rings. The summed E-state index contributed by atoms with van der Waals surface area (Å²) in [7, 11) is 0. The third kappa shape index (κ3) is 4.46. The molecule has 2 N–H and O–H groups in total. The zero-order chi connectivity index (χ0) is 22.1. The molecule has 0 unspecified atom stereocenters. The highest BCUT2D eigenvalue weighted by atomic mass is 35.5. The highest BCUT2D eigenvalue weighted by Gasteiger charge is 2.31. The highest BCUT2D eigenvalue weighted by molar-refractivity contribution is 6.34. The Bertz CT molecular complexity index is 1130. The number of carbonyl (C=O) groups excluding carboxylic acids is 1. The number of rotatable bonds is 4. The summed E-state index contributed by atoms with van der Waals surface area (Å²) in [6, 6.07) is 14.5. The maximum absolute atomic E-state index is 12.8. The van der Waals surface area contributed by atoms with E-state index in [4.69, 9.17) is 11.6 Å². The Balaban J connectivity index is 2.01. The fraction of sp³-hybridized carbons (Fsp3) is 0.0909. The van der Waals surface area contributed by atoms with Gasteiger partial charge in [0.05, 0.1) is 21.7 Å². The van der Waals surface area contributed by atoms with Crippen molar-refractivity contribution < 1.29 is 27.9 Å². The summed E-state index contributed by atoms with van der Waals surface area (Å²) in [5, 5.41) is 11.7. The van der Waals surface area contributed by atoms with E-state index in [1.165, 1.54) is 13.0 Å². The lowest BCUT2D eigenvalue weighted by Crippen LogP contribution is -2.15. The zero-order valence-electron chi connectivity index (χ0n) is 15.5. The number of carboxylic acid groups (broad SMARTS) is 1. The molecule has 1 amide bonds. The number of nitrogens with one attached hydrogen (secondary N) is 1. The number of halogens is 4. The van der Waals surface area contributed by atoms with E-state index >= 15 is 0 Å². The lowest BCUT2D eigenvalue weighted by molar-refractivity contribution is -0.137. The van der Waals surface area contributed by atoms with Crippen LogP contribution in [-0.4, -0.2) is 17.0 Å². The van der Waals surface area contributed by atoms with Crippen LogP contribution in [0.25, 0.3) is 11.1 Å². The van der Waals surface area contributed by atoms with Crippen LogP contribution in [0, 0.1) is 6.92 Å². The van der Waals surface area contributed by atoms with Gasteiger partial charge in [0.25, 0.3) is 5.91 Å². The molecule has 0 saturated heterocycles. The van der Waals surface area contributed by atoms with Crippen molar-refractivity contribution in [2.24, 2.45) is 0 Å².